The summed E-state index contributed by atoms with van der Waals surface area (Å²) >= 11 is 4.77. The lowest BCUT2D eigenvalue weighted by molar-refractivity contribution is 0.626. The molecule has 0 aliphatic rings. The molecule has 0 saturated heterocycles. The zero-order valence-corrected chi connectivity index (χ0v) is 8.44. The van der Waals surface area contributed by atoms with Gasteiger partial charge in [-0.1, -0.05) is 18.2 Å². The molecule has 5 heteroatoms. The molecule has 0 radical (unpaired) electrons. The number of nitrogens with one attached hydrogen (secondary N) is 2. The second kappa shape index (κ2) is 5.29. The van der Waals surface area contributed by atoms with E-state index in [2.05, 4.69) is 15.8 Å². The van der Waals surface area contributed by atoms with E-state index in [9.17, 15) is 4.39 Å². The maximum absolute atomic E-state index is 13.0. The van der Waals surface area contributed by atoms with Crippen molar-refractivity contribution in [3.8, 4) is 0 Å². The molecular weight excluding hydrogens is 201 g/mol. The van der Waals surface area contributed by atoms with Crippen LogP contribution in [0.2, 0.25) is 0 Å². The van der Waals surface area contributed by atoms with Gasteiger partial charge >= 0.3 is 0 Å². The summed E-state index contributed by atoms with van der Waals surface area (Å²) in [5.41, 5.74) is 2.95. The Morgan fingerprint density at radius 2 is 2.21 bits per heavy atom. The number of hydrogen-bond donors (Lipinski definition) is 2. The Morgan fingerprint density at radius 1 is 1.50 bits per heavy atom. The number of nitrogens with zero attached hydrogens (tertiary/aromatic N) is 1. The van der Waals surface area contributed by atoms with Crippen LogP contribution in [0.25, 0.3) is 0 Å². The van der Waals surface area contributed by atoms with Crippen LogP contribution in [0.4, 0.5) is 4.39 Å². The molecule has 74 valence electrons. The minimum atomic E-state index is -0.312. The van der Waals surface area contributed by atoms with E-state index < -0.39 is 0 Å². The van der Waals surface area contributed by atoms with Gasteiger partial charge in [0.2, 0.25) is 0 Å². The number of hydrazone groups is 1. The van der Waals surface area contributed by atoms with Crippen molar-refractivity contribution in [1.82, 2.24) is 10.7 Å². The van der Waals surface area contributed by atoms with Crippen molar-refractivity contribution in [3.63, 3.8) is 0 Å². The van der Waals surface area contributed by atoms with Gasteiger partial charge in [-0.3, -0.25) is 5.43 Å². The lowest BCUT2D eigenvalue weighted by Crippen LogP contribution is -2.28. The second-order valence-corrected chi connectivity index (χ2v) is 2.88. The third-order valence-corrected chi connectivity index (χ3v) is 1.80. The maximum atomic E-state index is 13.0. The van der Waals surface area contributed by atoms with Gasteiger partial charge in [0.25, 0.3) is 0 Å². The van der Waals surface area contributed by atoms with Crippen LogP contribution in [-0.4, -0.2) is 18.4 Å². The van der Waals surface area contributed by atoms with Crippen LogP contribution in [0.3, 0.4) is 0 Å². The predicted molar refractivity (Wildman–Crippen MR) is 58.8 cm³/mol. The average Bonchev–Trinajstić information content (AvgIpc) is 2.20. The maximum Gasteiger partial charge on any atom is 0.186 e. The largest absolute Gasteiger partial charge is 0.364 e. The Hall–Kier alpha value is -1.49. The molecule has 0 unspecified atom stereocenters. The van der Waals surface area contributed by atoms with Gasteiger partial charge in [0.15, 0.2) is 5.11 Å². The molecule has 0 saturated carbocycles. The average molecular weight is 211 g/mol. The van der Waals surface area contributed by atoms with Gasteiger partial charge in [-0.2, -0.15) is 5.10 Å². The standard InChI is InChI=1S/C9H10FN3S/c1-11-9(14)13-12-6-7-4-2-3-5-8(7)10/h2-6H,1H3,(H2,11,13,14). The molecule has 0 bridgehead atoms. The molecule has 0 heterocycles. The predicted octanol–water partition coefficient (Wildman–Crippen LogP) is 1.25. The summed E-state index contributed by atoms with van der Waals surface area (Å²) in [5, 5.41) is 6.82. The Bertz CT molecular complexity index is 352. The third kappa shape index (κ3) is 3.10. The highest BCUT2D eigenvalue weighted by Gasteiger charge is 1.95. The van der Waals surface area contributed by atoms with Crippen LogP contribution in [-0.2, 0) is 0 Å². The van der Waals surface area contributed by atoms with Gasteiger partial charge in [0.1, 0.15) is 5.82 Å². The number of benzene rings is 1. The summed E-state index contributed by atoms with van der Waals surface area (Å²) < 4.78 is 13.0. The van der Waals surface area contributed by atoms with Crippen molar-refractivity contribution >= 4 is 23.5 Å². The molecule has 0 spiro atoms. The van der Waals surface area contributed by atoms with E-state index in [0.29, 0.717) is 10.7 Å². The second-order valence-electron chi connectivity index (χ2n) is 2.47. The van der Waals surface area contributed by atoms with Crippen LogP contribution in [0, 0.1) is 5.82 Å². The molecule has 3 nitrogen and oxygen atoms in total. The lowest BCUT2D eigenvalue weighted by Gasteiger charge is -1.99. The monoisotopic (exact) mass is 211 g/mol. The van der Waals surface area contributed by atoms with Gasteiger partial charge in [0.05, 0.1) is 6.21 Å². The molecule has 1 aromatic rings. The zero-order chi connectivity index (χ0) is 10.4. The number of rotatable bonds is 2. The lowest BCUT2D eigenvalue weighted by atomic mass is 10.2. The molecule has 1 rings (SSSR count). The van der Waals surface area contributed by atoms with Crippen LogP contribution < -0.4 is 10.7 Å². The highest BCUT2D eigenvalue weighted by Crippen LogP contribution is 2.02. The summed E-state index contributed by atoms with van der Waals surface area (Å²) in [7, 11) is 1.67. The van der Waals surface area contributed by atoms with Gasteiger partial charge < -0.3 is 5.32 Å². The fourth-order valence-corrected chi connectivity index (χ4v) is 0.849. The van der Waals surface area contributed by atoms with Crippen LogP contribution in [0.15, 0.2) is 29.4 Å². The quantitative estimate of drug-likeness (QED) is 0.439. The van der Waals surface area contributed by atoms with E-state index in [4.69, 9.17) is 12.2 Å². The van der Waals surface area contributed by atoms with Crippen molar-refractivity contribution < 1.29 is 4.39 Å². The minimum Gasteiger partial charge on any atom is -0.364 e. The van der Waals surface area contributed by atoms with E-state index in [-0.39, 0.29) is 5.82 Å². The van der Waals surface area contributed by atoms with E-state index in [1.807, 2.05) is 0 Å². The molecule has 0 aliphatic heterocycles. The van der Waals surface area contributed by atoms with E-state index in [0.717, 1.165) is 0 Å². The molecule has 0 aromatic heterocycles. The van der Waals surface area contributed by atoms with Crippen LogP contribution in [0.5, 0.6) is 0 Å². The van der Waals surface area contributed by atoms with Crippen LogP contribution >= 0.6 is 12.2 Å². The molecule has 0 amide bonds. The van der Waals surface area contributed by atoms with Crippen molar-refractivity contribution in [1.29, 1.82) is 0 Å². The van der Waals surface area contributed by atoms with E-state index >= 15 is 0 Å². The van der Waals surface area contributed by atoms with E-state index in [1.165, 1.54) is 12.3 Å². The molecule has 1 aromatic carbocycles. The third-order valence-electron chi connectivity index (χ3n) is 1.50. The number of halogens is 1. The first-order valence-corrected chi connectivity index (χ1v) is 4.40. The van der Waals surface area contributed by atoms with Crippen molar-refractivity contribution in [2.75, 3.05) is 7.05 Å². The van der Waals surface area contributed by atoms with Crippen molar-refractivity contribution in [2.24, 2.45) is 5.10 Å². The molecular formula is C9H10FN3S. The highest BCUT2D eigenvalue weighted by molar-refractivity contribution is 7.80. The SMILES string of the molecule is CNC(=S)NN=Cc1ccccc1F. The Morgan fingerprint density at radius 3 is 2.86 bits per heavy atom. The van der Waals surface area contributed by atoms with Crippen molar-refractivity contribution in [3.05, 3.63) is 35.6 Å². The molecule has 0 atom stereocenters. The number of hydrogen-bond acceptors (Lipinski definition) is 2. The van der Waals surface area contributed by atoms with Crippen molar-refractivity contribution in [2.45, 2.75) is 0 Å². The Balaban J connectivity index is 2.60. The van der Waals surface area contributed by atoms with E-state index in [1.54, 1.807) is 25.2 Å². The van der Waals surface area contributed by atoms with Gasteiger partial charge in [0, 0.05) is 12.6 Å². The summed E-state index contributed by atoms with van der Waals surface area (Å²) in [5.74, 6) is -0.312. The first-order valence-electron chi connectivity index (χ1n) is 3.99. The normalized spacial score (nSPS) is 10.1. The minimum absolute atomic E-state index is 0.312. The molecule has 14 heavy (non-hydrogen) atoms. The number of thiocarbonyl (C=S) groups is 1. The summed E-state index contributed by atoms with van der Waals surface area (Å²) in [4.78, 5) is 0. The van der Waals surface area contributed by atoms with Gasteiger partial charge in [-0.25, -0.2) is 4.39 Å². The van der Waals surface area contributed by atoms with Gasteiger partial charge in [-0.15, -0.1) is 0 Å². The summed E-state index contributed by atoms with van der Waals surface area (Å²) in [6.45, 7) is 0. The fraction of sp³-hybridized carbons (Fsp3) is 0.111. The zero-order valence-electron chi connectivity index (χ0n) is 7.62. The van der Waals surface area contributed by atoms with Crippen LogP contribution in [0.1, 0.15) is 5.56 Å². The summed E-state index contributed by atoms with van der Waals surface area (Å²) in [6, 6.07) is 6.36. The topological polar surface area (TPSA) is 36.4 Å². The van der Waals surface area contributed by atoms with Gasteiger partial charge in [-0.05, 0) is 18.3 Å². The smallest absolute Gasteiger partial charge is 0.186 e. The Labute approximate surface area is 87.0 Å². The molecule has 0 fully saturated rings. The molecule has 0 aliphatic carbocycles. The molecule has 2 N–H and O–H groups in total. The first-order chi connectivity index (χ1) is 6.74. The first kappa shape index (κ1) is 10.6. The Kier molecular flexibility index (Phi) is 4.00. The highest BCUT2D eigenvalue weighted by atomic mass is 32.1. The fourth-order valence-electron chi connectivity index (χ4n) is 0.796. The summed E-state index contributed by atoms with van der Waals surface area (Å²) in [6.07, 6.45) is 1.37.